The molecule has 0 amide bonds. The fraction of sp³-hybridized carbons (Fsp3) is 0.300. The van der Waals surface area contributed by atoms with E-state index in [1.54, 1.807) is 18.2 Å². The Morgan fingerprint density at radius 1 is 1.44 bits per heavy atom. The lowest BCUT2D eigenvalue weighted by atomic mass is 10.1. The van der Waals surface area contributed by atoms with Crippen LogP contribution in [0.4, 0.5) is 5.69 Å². The van der Waals surface area contributed by atoms with Gasteiger partial charge in [-0.15, -0.1) is 0 Å². The summed E-state index contributed by atoms with van der Waals surface area (Å²) in [5.74, 6) is 0.100. The lowest BCUT2D eigenvalue weighted by molar-refractivity contribution is 0.315. The first kappa shape index (κ1) is 12.9. The highest BCUT2D eigenvalue weighted by Gasteiger charge is 2.07. The zero-order chi connectivity index (χ0) is 12.1. The van der Waals surface area contributed by atoms with Crippen LogP contribution in [0.25, 0.3) is 0 Å². The van der Waals surface area contributed by atoms with Gasteiger partial charge < -0.3 is 16.3 Å². The summed E-state index contributed by atoms with van der Waals surface area (Å²) in [4.78, 5) is 0. The Balaban J connectivity index is 2.61. The molecule has 0 aliphatic heterocycles. The Kier molecular flexibility index (Phi) is 4.71. The maximum Gasteiger partial charge on any atom is 0.143 e. The van der Waals surface area contributed by atoms with E-state index in [4.69, 9.17) is 34.1 Å². The van der Waals surface area contributed by atoms with E-state index in [1.165, 1.54) is 0 Å². The number of nitrogens with one attached hydrogen (secondary N) is 1. The molecule has 1 aromatic carbocycles. The van der Waals surface area contributed by atoms with Crippen LogP contribution in [0, 0.1) is 5.92 Å². The van der Waals surface area contributed by atoms with Gasteiger partial charge in [0.15, 0.2) is 0 Å². The summed E-state index contributed by atoms with van der Waals surface area (Å²) in [7, 11) is 0. The quantitative estimate of drug-likeness (QED) is 0.338. The molecule has 0 fully saturated rings. The van der Waals surface area contributed by atoms with Gasteiger partial charge >= 0.3 is 0 Å². The van der Waals surface area contributed by atoms with Crippen LogP contribution in [0.5, 0.6) is 0 Å². The van der Waals surface area contributed by atoms with Gasteiger partial charge in [0.05, 0.1) is 0 Å². The Morgan fingerprint density at radius 3 is 2.50 bits per heavy atom. The minimum Gasteiger partial charge on any atom is -0.409 e. The van der Waals surface area contributed by atoms with Gasteiger partial charge in [-0.1, -0.05) is 35.3 Å². The summed E-state index contributed by atoms with van der Waals surface area (Å²) in [5, 5.41) is 15.6. The van der Waals surface area contributed by atoms with Crippen molar-refractivity contribution in [1.29, 1.82) is 0 Å². The molecule has 0 bridgehead atoms. The fourth-order valence-corrected chi connectivity index (χ4v) is 1.66. The maximum atomic E-state index is 8.48. The monoisotopic (exact) mass is 261 g/mol. The van der Waals surface area contributed by atoms with E-state index < -0.39 is 0 Å². The molecule has 0 aliphatic rings. The Labute approximate surface area is 104 Å². The van der Waals surface area contributed by atoms with Crippen molar-refractivity contribution in [1.82, 2.24) is 0 Å². The third kappa shape index (κ3) is 3.79. The molecular formula is C10H13Cl2N3O. The topological polar surface area (TPSA) is 70.6 Å². The molecule has 0 spiro atoms. The Hall–Kier alpha value is -1.13. The van der Waals surface area contributed by atoms with E-state index in [2.05, 4.69) is 10.5 Å². The first-order valence-corrected chi connectivity index (χ1v) is 5.46. The number of anilines is 1. The summed E-state index contributed by atoms with van der Waals surface area (Å²) in [6, 6.07) is 5.17. The van der Waals surface area contributed by atoms with Gasteiger partial charge in [-0.3, -0.25) is 0 Å². The second-order valence-corrected chi connectivity index (χ2v) is 4.34. The van der Waals surface area contributed by atoms with Gasteiger partial charge in [-0.25, -0.2) is 0 Å². The first-order valence-electron chi connectivity index (χ1n) is 4.70. The molecular weight excluding hydrogens is 249 g/mol. The number of amidine groups is 1. The van der Waals surface area contributed by atoms with Gasteiger partial charge in [-0.2, -0.15) is 0 Å². The van der Waals surface area contributed by atoms with Crippen LogP contribution in [0.3, 0.4) is 0 Å². The molecule has 0 radical (unpaired) electrons. The number of nitrogens with zero attached hydrogens (tertiary/aromatic N) is 1. The summed E-state index contributed by atoms with van der Waals surface area (Å²) in [6.45, 7) is 2.38. The summed E-state index contributed by atoms with van der Waals surface area (Å²) >= 11 is 11.7. The normalized spacial score (nSPS) is 13.6. The number of rotatable bonds is 4. The largest absolute Gasteiger partial charge is 0.409 e. The average molecular weight is 262 g/mol. The van der Waals surface area contributed by atoms with E-state index in [0.717, 1.165) is 5.69 Å². The molecule has 0 aromatic heterocycles. The lowest BCUT2D eigenvalue weighted by Gasteiger charge is -2.12. The molecule has 4 N–H and O–H groups in total. The SMILES string of the molecule is CC(CNc1cc(Cl)cc(Cl)c1)C(N)=NO. The lowest BCUT2D eigenvalue weighted by Crippen LogP contribution is -2.27. The van der Waals surface area contributed by atoms with Gasteiger partial charge in [0, 0.05) is 28.2 Å². The summed E-state index contributed by atoms with van der Waals surface area (Å²) in [5.41, 5.74) is 6.25. The molecule has 0 aliphatic carbocycles. The Bertz CT molecular complexity index is 375. The van der Waals surface area contributed by atoms with E-state index in [1.807, 2.05) is 6.92 Å². The fourth-order valence-electron chi connectivity index (χ4n) is 1.13. The number of benzene rings is 1. The van der Waals surface area contributed by atoms with Crippen molar-refractivity contribution >= 4 is 34.7 Å². The molecule has 1 rings (SSSR count). The molecule has 88 valence electrons. The highest BCUT2D eigenvalue weighted by Crippen LogP contribution is 2.22. The minimum absolute atomic E-state index is 0.0808. The van der Waals surface area contributed by atoms with Crippen molar-refractivity contribution < 1.29 is 5.21 Å². The van der Waals surface area contributed by atoms with Crippen molar-refractivity contribution in [3.8, 4) is 0 Å². The number of hydrogen-bond acceptors (Lipinski definition) is 3. The Morgan fingerprint density at radius 2 is 2.00 bits per heavy atom. The predicted molar refractivity (Wildman–Crippen MR) is 67.5 cm³/mol. The molecule has 1 unspecified atom stereocenters. The van der Waals surface area contributed by atoms with Crippen molar-refractivity contribution in [2.45, 2.75) is 6.92 Å². The third-order valence-electron chi connectivity index (χ3n) is 2.10. The van der Waals surface area contributed by atoms with Crippen molar-refractivity contribution in [3.63, 3.8) is 0 Å². The van der Waals surface area contributed by atoms with Crippen molar-refractivity contribution in [3.05, 3.63) is 28.2 Å². The predicted octanol–water partition coefficient (Wildman–Crippen LogP) is 2.79. The number of halogens is 2. The van der Waals surface area contributed by atoms with Crippen LogP contribution in [0.1, 0.15) is 6.92 Å². The molecule has 1 aromatic rings. The number of hydrogen-bond donors (Lipinski definition) is 3. The molecule has 1 atom stereocenters. The molecule has 16 heavy (non-hydrogen) atoms. The van der Waals surface area contributed by atoms with E-state index in [9.17, 15) is 0 Å². The van der Waals surface area contributed by atoms with Crippen LogP contribution in [0.15, 0.2) is 23.4 Å². The summed E-state index contributed by atoms with van der Waals surface area (Å²) < 4.78 is 0. The van der Waals surface area contributed by atoms with Crippen LogP contribution in [0.2, 0.25) is 10.0 Å². The first-order chi connectivity index (χ1) is 7.52. The number of oxime groups is 1. The zero-order valence-electron chi connectivity index (χ0n) is 8.74. The molecule has 4 nitrogen and oxygen atoms in total. The van der Waals surface area contributed by atoms with Crippen LogP contribution in [-0.2, 0) is 0 Å². The standard InChI is InChI=1S/C10H13Cl2N3O/c1-6(10(13)15-16)5-14-9-3-7(11)2-8(12)4-9/h2-4,6,14,16H,5H2,1H3,(H2,13,15). The molecule has 0 saturated heterocycles. The third-order valence-corrected chi connectivity index (χ3v) is 2.53. The van der Waals surface area contributed by atoms with E-state index >= 15 is 0 Å². The van der Waals surface area contributed by atoms with Gasteiger partial charge in [0.2, 0.25) is 0 Å². The van der Waals surface area contributed by atoms with Crippen LogP contribution >= 0.6 is 23.2 Å². The van der Waals surface area contributed by atoms with Crippen LogP contribution in [-0.4, -0.2) is 17.6 Å². The van der Waals surface area contributed by atoms with Crippen molar-refractivity contribution in [2.75, 3.05) is 11.9 Å². The van der Waals surface area contributed by atoms with Crippen molar-refractivity contribution in [2.24, 2.45) is 16.8 Å². The zero-order valence-corrected chi connectivity index (χ0v) is 10.3. The van der Waals surface area contributed by atoms with Gasteiger partial charge in [0.1, 0.15) is 5.84 Å². The second-order valence-electron chi connectivity index (χ2n) is 3.46. The molecule has 6 heteroatoms. The second kappa shape index (κ2) is 5.82. The van der Waals surface area contributed by atoms with Gasteiger partial charge in [0.25, 0.3) is 0 Å². The molecule has 0 heterocycles. The highest BCUT2D eigenvalue weighted by atomic mass is 35.5. The maximum absolute atomic E-state index is 8.48. The highest BCUT2D eigenvalue weighted by molar-refractivity contribution is 6.35. The van der Waals surface area contributed by atoms with Gasteiger partial charge in [-0.05, 0) is 18.2 Å². The summed E-state index contributed by atoms with van der Waals surface area (Å²) in [6.07, 6.45) is 0. The molecule has 0 saturated carbocycles. The minimum atomic E-state index is -0.0808. The van der Waals surface area contributed by atoms with E-state index in [-0.39, 0.29) is 11.8 Å². The smallest absolute Gasteiger partial charge is 0.143 e. The van der Waals surface area contributed by atoms with Crippen LogP contribution < -0.4 is 11.1 Å². The number of nitrogens with two attached hydrogens (primary N) is 1. The average Bonchev–Trinajstić information content (AvgIpc) is 2.23. The van der Waals surface area contributed by atoms with E-state index in [0.29, 0.717) is 16.6 Å².